The van der Waals surface area contributed by atoms with E-state index in [9.17, 15) is 0 Å². The molecular weight excluding hydrogens is 599 g/mol. The first kappa shape index (κ1) is 29.2. The maximum absolute atomic E-state index is 8.23. The van der Waals surface area contributed by atoms with Crippen LogP contribution in [-0.2, 0) is 10.2 Å². The van der Waals surface area contributed by atoms with Crippen molar-refractivity contribution in [3.8, 4) is 28.1 Å². The molecule has 7 rings (SSSR count). The van der Waals surface area contributed by atoms with E-state index in [1.54, 1.807) is 6.92 Å². The number of ether oxygens (including phenoxy) is 1. The van der Waals surface area contributed by atoms with Gasteiger partial charge in [-0.2, -0.15) is 0 Å². The van der Waals surface area contributed by atoms with Crippen LogP contribution >= 0.6 is 0 Å². The molecule has 1 aliphatic rings. The lowest BCUT2D eigenvalue weighted by Gasteiger charge is -2.22. The van der Waals surface area contributed by atoms with Gasteiger partial charge in [-0.3, -0.25) is 4.98 Å². The summed E-state index contributed by atoms with van der Waals surface area (Å²) < 4.78 is 33.2. The van der Waals surface area contributed by atoms with Crippen molar-refractivity contribution in [2.45, 2.75) is 92.0 Å². The summed E-state index contributed by atoms with van der Waals surface area (Å²) in [5.41, 5.74) is 11.7. The van der Waals surface area contributed by atoms with E-state index in [4.69, 9.17) is 18.8 Å². The molecule has 1 aliphatic heterocycles. The van der Waals surface area contributed by atoms with Crippen molar-refractivity contribution in [3.63, 3.8) is 0 Å². The van der Waals surface area contributed by atoms with E-state index in [2.05, 4.69) is 145 Å². The molecule has 0 saturated carbocycles. The number of benzene rings is 4. The molecule has 6 aromatic rings. The third kappa shape index (κ3) is 6.07. The second-order valence-corrected chi connectivity index (χ2v) is 15.6. The zero-order valence-corrected chi connectivity index (χ0v) is 30.3. The summed E-state index contributed by atoms with van der Waals surface area (Å²) in [5.74, 6) is 0.931. The van der Waals surface area contributed by atoms with E-state index in [1.807, 2.05) is 6.20 Å². The van der Waals surface area contributed by atoms with Gasteiger partial charge < -0.3 is 9.30 Å². The van der Waals surface area contributed by atoms with Crippen LogP contribution in [0.25, 0.3) is 49.9 Å². The first-order valence-electron chi connectivity index (χ1n) is 19.0. The highest BCUT2D eigenvalue weighted by molar-refractivity contribution is 6.10. The van der Waals surface area contributed by atoms with Crippen LogP contribution < -0.4 is 0 Å². The Morgan fingerprint density at radius 3 is 2.20 bits per heavy atom. The van der Waals surface area contributed by atoms with Gasteiger partial charge in [0.25, 0.3) is 0 Å². The van der Waals surface area contributed by atoms with E-state index in [-0.39, 0.29) is 23.9 Å². The fourth-order valence-corrected chi connectivity index (χ4v) is 7.17. The molecule has 0 bridgehead atoms. The zero-order chi connectivity index (χ0) is 37.3. The van der Waals surface area contributed by atoms with Crippen LogP contribution in [0, 0.1) is 6.92 Å². The number of aromatic nitrogens is 2. The molecule has 0 fully saturated rings. The van der Waals surface area contributed by atoms with Crippen molar-refractivity contribution in [3.05, 3.63) is 119 Å². The molecule has 0 unspecified atom stereocenters. The van der Waals surface area contributed by atoms with Gasteiger partial charge in [0.15, 0.2) is 0 Å². The average molecular weight is 651 g/mol. The van der Waals surface area contributed by atoms with E-state index in [1.165, 1.54) is 33.2 Å². The highest BCUT2D eigenvalue weighted by Gasteiger charge is 2.28. The molecular formula is C45H49N3O. The van der Waals surface area contributed by atoms with Gasteiger partial charge in [0, 0.05) is 37.9 Å². The second-order valence-electron chi connectivity index (χ2n) is 15.6. The van der Waals surface area contributed by atoms with Gasteiger partial charge in [0.05, 0.1) is 22.3 Å². The van der Waals surface area contributed by atoms with Gasteiger partial charge in [0.1, 0.15) is 6.61 Å². The highest BCUT2D eigenvalue weighted by atomic mass is 16.5. The Morgan fingerprint density at radius 2 is 1.53 bits per heavy atom. The largest absolute Gasteiger partial charge is 0.475 e. The van der Waals surface area contributed by atoms with Crippen molar-refractivity contribution >= 4 is 27.7 Å². The minimum atomic E-state index is -2.30. The van der Waals surface area contributed by atoms with Gasteiger partial charge in [-0.15, -0.1) is 0 Å². The number of fused-ring (bicyclic) bond motifs is 3. The summed E-state index contributed by atoms with van der Waals surface area (Å²) in [4.78, 5) is 9.59. The van der Waals surface area contributed by atoms with Crippen molar-refractivity contribution in [2.75, 3.05) is 6.61 Å². The lowest BCUT2D eigenvalue weighted by molar-refractivity contribution is 0.279. The minimum absolute atomic E-state index is 0.00311. The lowest BCUT2D eigenvalue weighted by atomic mass is 9.84. The van der Waals surface area contributed by atoms with Crippen LogP contribution in [0.1, 0.15) is 106 Å². The van der Waals surface area contributed by atoms with Crippen molar-refractivity contribution in [1.29, 1.82) is 0 Å². The first-order chi connectivity index (χ1) is 24.4. The zero-order valence-electron chi connectivity index (χ0n) is 33.3. The summed E-state index contributed by atoms with van der Waals surface area (Å²) in [5, 5.41) is 2.32. The standard InChI is InChI=1S/C45H49N3O/c1-27(2)35-12-11-13-36(28(3)4)42(35)31-21-32(43-47-45(9,10)26-49-43)23-34(22-31)48-40-17-14-29(5)20-38(40)37-16-15-30(24-41(37)48)39-25-33(18-19-46-39)44(6,7)8/h11-25,27-28H,26H2,1-10H3/i9D3/t45-/m0/s1. The van der Waals surface area contributed by atoms with Crippen LogP contribution in [0.2, 0.25) is 0 Å². The molecule has 1 atom stereocenters. The topological polar surface area (TPSA) is 39.4 Å². The third-order valence-corrected chi connectivity index (χ3v) is 9.77. The Kier molecular flexibility index (Phi) is 7.17. The number of aryl methyl sites for hydroxylation is 1. The van der Waals surface area contributed by atoms with Crippen LogP contribution in [0.15, 0.2) is 96.1 Å². The van der Waals surface area contributed by atoms with Gasteiger partial charge in [-0.1, -0.05) is 90.4 Å². The van der Waals surface area contributed by atoms with E-state index >= 15 is 0 Å². The van der Waals surface area contributed by atoms with Crippen LogP contribution in [0.5, 0.6) is 0 Å². The fourth-order valence-electron chi connectivity index (χ4n) is 7.17. The number of hydrogen-bond donors (Lipinski definition) is 0. The summed E-state index contributed by atoms with van der Waals surface area (Å²) in [6.07, 6.45) is 1.91. The number of rotatable bonds is 6. The Morgan fingerprint density at radius 1 is 0.796 bits per heavy atom. The highest BCUT2D eigenvalue weighted by Crippen LogP contribution is 2.41. The van der Waals surface area contributed by atoms with E-state index in [0.717, 1.165) is 44.5 Å². The van der Waals surface area contributed by atoms with Crippen molar-refractivity contribution in [1.82, 2.24) is 9.55 Å². The molecule has 49 heavy (non-hydrogen) atoms. The summed E-state index contributed by atoms with van der Waals surface area (Å²) >= 11 is 0. The Bertz CT molecular complexity index is 2350. The molecule has 0 N–H and O–H groups in total. The predicted molar refractivity (Wildman–Crippen MR) is 208 cm³/mol. The summed E-state index contributed by atoms with van der Waals surface area (Å²) in [6.45, 7) is 17.1. The fraction of sp³-hybridized carbons (Fsp3) is 0.333. The summed E-state index contributed by atoms with van der Waals surface area (Å²) in [6, 6.07) is 30.7. The molecule has 3 heterocycles. The maximum Gasteiger partial charge on any atom is 0.216 e. The molecule has 250 valence electrons. The molecule has 2 aromatic heterocycles. The molecule has 0 aliphatic carbocycles. The molecule has 0 radical (unpaired) electrons. The second kappa shape index (κ2) is 12.0. The van der Waals surface area contributed by atoms with Crippen molar-refractivity contribution in [2.24, 2.45) is 4.99 Å². The Labute approximate surface area is 296 Å². The monoisotopic (exact) mass is 650 g/mol. The Hall–Kier alpha value is -4.70. The number of pyridine rings is 1. The van der Waals surface area contributed by atoms with Crippen LogP contribution in [-0.4, -0.2) is 27.6 Å². The molecule has 0 saturated heterocycles. The number of hydrogen-bond acceptors (Lipinski definition) is 3. The van der Waals surface area contributed by atoms with Gasteiger partial charge in [-0.25, -0.2) is 4.99 Å². The molecule has 4 nitrogen and oxygen atoms in total. The number of aliphatic imine (C=N–C) groups is 1. The molecule has 0 spiro atoms. The normalized spacial score (nSPS) is 17.8. The van der Waals surface area contributed by atoms with Gasteiger partial charge >= 0.3 is 0 Å². The summed E-state index contributed by atoms with van der Waals surface area (Å²) in [7, 11) is 0. The van der Waals surface area contributed by atoms with Gasteiger partial charge in [0.2, 0.25) is 5.90 Å². The third-order valence-electron chi connectivity index (χ3n) is 9.77. The van der Waals surface area contributed by atoms with E-state index in [0.29, 0.717) is 5.90 Å². The Balaban J connectivity index is 1.55. The van der Waals surface area contributed by atoms with Crippen molar-refractivity contribution < 1.29 is 8.85 Å². The quantitative estimate of drug-likeness (QED) is 0.180. The molecule has 0 amide bonds. The average Bonchev–Trinajstić information content (AvgIpc) is 3.66. The predicted octanol–water partition coefficient (Wildman–Crippen LogP) is 11.9. The van der Waals surface area contributed by atoms with Crippen LogP contribution in [0.4, 0.5) is 0 Å². The smallest absolute Gasteiger partial charge is 0.216 e. The molecule has 4 aromatic carbocycles. The number of nitrogens with zero attached hydrogens (tertiary/aromatic N) is 3. The molecule has 4 heteroatoms. The lowest BCUT2D eigenvalue weighted by Crippen LogP contribution is -2.17. The minimum Gasteiger partial charge on any atom is -0.475 e. The van der Waals surface area contributed by atoms with Crippen LogP contribution in [0.3, 0.4) is 0 Å². The maximum atomic E-state index is 8.23. The van der Waals surface area contributed by atoms with Gasteiger partial charge in [-0.05, 0) is 114 Å². The SMILES string of the molecule is [2H]C([2H])([2H])[C@]1(C)COC(c2cc(-c3c(C(C)C)cccc3C(C)C)cc(-n3c4ccc(C)cc4c4ccc(-c5cc(C(C)(C)C)ccn5)cc43)c2)=N1. The first-order valence-corrected chi connectivity index (χ1v) is 17.5. The van der Waals surface area contributed by atoms with E-state index < -0.39 is 12.4 Å².